The van der Waals surface area contributed by atoms with Crippen molar-refractivity contribution in [3.8, 4) is 5.75 Å². The number of carbonyl (C=O) groups excluding carboxylic acids is 1. The summed E-state index contributed by atoms with van der Waals surface area (Å²) < 4.78 is 32.6. The number of ether oxygens (including phenoxy) is 1. The number of benzene rings is 2. The molecule has 0 spiro atoms. The van der Waals surface area contributed by atoms with Gasteiger partial charge in [0, 0.05) is 11.8 Å². The van der Waals surface area contributed by atoms with Crippen molar-refractivity contribution in [2.75, 3.05) is 45.2 Å². The number of amides is 1. The molecule has 0 aromatic heterocycles. The Hall–Kier alpha value is -2.42. The molecule has 0 bridgehead atoms. The van der Waals surface area contributed by atoms with Gasteiger partial charge in [-0.25, -0.2) is 8.42 Å². The zero-order chi connectivity index (χ0) is 21.0. The smallest absolute Gasteiger partial charge is 0.279 e. The molecule has 156 valence electrons. The number of anilines is 1. The number of rotatable bonds is 6. The maximum Gasteiger partial charge on any atom is 0.279 e. The van der Waals surface area contributed by atoms with Gasteiger partial charge in [-0.05, 0) is 37.6 Å². The maximum absolute atomic E-state index is 13.0. The van der Waals surface area contributed by atoms with Gasteiger partial charge in [0.05, 0.1) is 38.2 Å². The van der Waals surface area contributed by atoms with Gasteiger partial charge in [-0.15, -0.1) is 0 Å². The van der Waals surface area contributed by atoms with Crippen LogP contribution in [-0.4, -0.2) is 58.5 Å². The number of aryl methyl sites for hydroxylation is 2. The Morgan fingerprint density at radius 3 is 2.52 bits per heavy atom. The van der Waals surface area contributed by atoms with E-state index in [0.29, 0.717) is 49.1 Å². The van der Waals surface area contributed by atoms with Crippen LogP contribution < -0.4 is 15.0 Å². The van der Waals surface area contributed by atoms with Gasteiger partial charge in [-0.3, -0.25) is 4.79 Å². The van der Waals surface area contributed by atoms with Crippen LogP contribution in [0.25, 0.3) is 0 Å². The molecule has 2 aromatic carbocycles. The molecule has 0 atom stereocenters. The molecular formula is C21H28N3O4S+. The van der Waals surface area contributed by atoms with Gasteiger partial charge in [0.2, 0.25) is 10.0 Å². The van der Waals surface area contributed by atoms with Crippen molar-refractivity contribution in [3.63, 3.8) is 0 Å². The molecule has 1 fully saturated rings. The second kappa shape index (κ2) is 8.94. The van der Waals surface area contributed by atoms with Gasteiger partial charge < -0.3 is 15.0 Å². The van der Waals surface area contributed by atoms with Crippen LogP contribution >= 0.6 is 0 Å². The van der Waals surface area contributed by atoms with E-state index >= 15 is 0 Å². The number of hydrogen-bond donors (Lipinski definition) is 2. The van der Waals surface area contributed by atoms with E-state index in [1.165, 1.54) is 4.31 Å². The zero-order valence-electron chi connectivity index (χ0n) is 17.1. The molecule has 29 heavy (non-hydrogen) atoms. The van der Waals surface area contributed by atoms with E-state index in [1.807, 2.05) is 44.2 Å². The Bertz CT molecular complexity index is 983. The molecule has 8 heteroatoms. The van der Waals surface area contributed by atoms with Crippen molar-refractivity contribution in [1.82, 2.24) is 4.31 Å². The summed E-state index contributed by atoms with van der Waals surface area (Å²) in [5, 5.41) is 2.87. The molecule has 2 N–H and O–H groups in total. The van der Waals surface area contributed by atoms with Crippen molar-refractivity contribution in [1.29, 1.82) is 0 Å². The third-order valence-electron chi connectivity index (χ3n) is 5.14. The van der Waals surface area contributed by atoms with Crippen molar-refractivity contribution < 1.29 is 22.8 Å². The molecule has 1 saturated heterocycles. The molecule has 1 heterocycles. The molecule has 7 nitrogen and oxygen atoms in total. The van der Waals surface area contributed by atoms with Crippen molar-refractivity contribution in [2.24, 2.45) is 0 Å². The van der Waals surface area contributed by atoms with Gasteiger partial charge in [0.15, 0.2) is 6.54 Å². The highest BCUT2D eigenvalue weighted by Crippen LogP contribution is 2.21. The number of methoxy groups -OCH3 is 1. The Morgan fingerprint density at radius 2 is 1.86 bits per heavy atom. The standard InChI is InChI=1S/C21H27N3O4S/c1-16-7-8-20(17(2)13-16)29(26,27)24-11-9-23(10-12-24)15-21(25)22-18-5-4-6-19(14-18)28-3/h4-8,13-14H,9-12,15H2,1-3H3,(H,22,25)/p+1. The van der Waals surface area contributed by atoms with Crippen LogP contribution in [0, 0.1) is 13.8 Å². The van der Waals surface area contributed by atoms with Crippen LogP contribution in [0.4, 0.5) is 5.69 Å². The van der Waals surface area contributed by atoms with Crippen LogP contribution in [0.5, 0.6) is 5.75 Å². The van der Waals surface area contributed by atoms with Crippen LogP contribution in [0.1, 0.15) is 11.1 Å². The van der Waals surface area contributed by atoms with E-state index in [0.717, 1.165) is 16.0 Å². The Kier molecular flexibility index (Phi) is 6.56. The fourth-order valence-electron chi connectivity index (χ4n) is 3.58. The highest BCUT2D eigenvalue weighted by molar-refractivity contribution is 7.89. The summed E-state index contributed by atoms with van der Waals surface area (Å²) >= 11 is 0. The van der Waals surface area contributed by atoms with E-state index < -0.39 is 10.0 Å². The number of piperazine rings is 1. The number of sulfonamides is 1. The van der Waals surface area contributed by atoms with Crippen LogP contribution in [0.2, 0.25) is 0 Å². The van der Waals surface area contributed by atoms with E-state index in [1.54, 1.807) is 19.2 Å². The first-order chi connectivity index (χ1) is 13.8. The topological polar surface area (TPSA) is 80.2 Å². The lowest BCUT2D eigenvalue weighted by molar-refractivity contribution is -0.895. The summed E-state index contributed by atoms with van der Waals surface area (Å²) in [5.74, 6) is 0.583. The minimum absolute atomic E-state index is 0.0982. The average Bonchev–Trinajstić information content (AvgIpc) is 2.68. The fourth-order valence-corrected chi connectivity index (χ4v) is 5.23. The SMILES string of the molecule is COc1cccc(NC(=O)C[NH+]2CCN(S(=O)(=O)c3ccc(C)cc3C)CC2)c1. The lowest BCUT2D eigenvalue weighted by atomic mass is 10.2. The van der Waals surface area contributed by atoms with Crippen molar-refractivity contribution in [2.45, 2.75) is 18.7 Å². The third kappa shape index (κ3) is 5.14. The summed E-state index contributed by atoms with van der Waals surface area (Å²) in [4.78, 5) is 13.8. The zero-order valence-corrected chi connectivity index (χ0v) is 17.9. The Balaban J connectivity index is 1.56. The Morgan fingerprint density at radius 1 is 1.14 bits per heavy atom. The summed E-state index contributed by atoms with van der Waals surface area (Å²) in [6, 6.07) is 12.6. The molecule has 0 saturated carbocycles. The third-order valence-corrected chi connectivity index (χ3v) is 7.20. The van der Waals surface area contributed by atoms with Gasteiger partial charge in [0.25, 0.3) is 5.91 Å². The predicted octanol–water partition coefficient (Wildman–Crippen LogP) is 0.840. The maximum atomic E-state index is 13.0. The van der Waals surface area contributed by atoms with E-state index in [2.05, 4.69) is 5.32 Å². The number of nitrogens with zero attached hydrogens (tertiary/aromatic N) is 1. The molecule has 0 radical (unpaired) electrons. The summed E-state index contributed by atoms with van der Waals surface area (Å²) in [5.41, 5.74) is 2.49. The van der Waals surface area contributed by atoms with Gasteiger partial charge >= 0.3 is 0 Å². The van der Waals surface area contributed by atoms with Crippen molar-refractivity contribution in [3.05, 3.63) is 53.6 Å². The number of hydrogen-bond acceptors (Lipinski definition) is 4. The fraction of sp³-hybridized carbons (Fsp3) is 0.381. The predicted molar refractivity (Wildman–Crippen MR) is 112 cm³/mol. The largest absolute Gasteiger partial charge is 0.497 e. The number of nitrogens with one attached hydrogen (secondary N) is 2. The normalized spacial score (nSPS) is 15.8. The first-order valence-corrected chi connectivity index (χ1v) is 11.1. The number of quaternary nitrogens is 1. The molecule has 1 amide bonds. The average molecular weight is 419 g/mol. The highest BCUT2D eigenvalue weighted by atomic mass is 32.2. The summed E-state index contributed by atoms with van der Waals surface area (Å²) in [6.07, 6.45) is 0. The molecule has 0 unspecified atom stereocenters. The minimum atomic E-state index is -3.51. The second-order valence-electron chi connectivity index (χ2n) is 7.38. The lowest BCUT2D eigenvalue weighted by Gasteiger charge is -2.31. The Labute approximate surface area is 172 Å². The van der Waals surface area contributed by atoms with Crippen LogP contribution in [0.3, 0.4) is 0 Å². The van der Waals surface area contributed by atoms with E-state index in [9.17, 15) is 13.2 Å². The summed E-state index contributed by atoms with van der Waals surface area (Å²) in [7, 11) is -1.93. The molecular weight excluding hydrogens is 390 g/mol. The molecule has 3 rings (SSSR count). The molecule has 0 aliphatic carbocycles. The minimum Gasteiger partial charge on any atom is -0.497 e. The summed E-state index contributed by atoms with van der Waals surface area (Å²) in [6.45, 7) is 6.06. The lowest BCUT2D eigenvalue weighted by Crippen LogP contribution is -3.15. The number of carbonyl (C=O) groups is 1. The van der Waals surface area contributed by atoms with Gasteiger partial charge in [0.1, 0.15) is 5.75 Å². The van der Waals surface area contributed by atoms with Crippen LogP contribution in [-0.2, 0) is 14.8 Å². The van der Waals surface area contributed by atoms with Gasteiger partial charge in [-0.1, -0.05) is 23.8 Å². The first kappa shape index (κ1) is 21.3. The van der Waals surface area contributed by atoms with E-state index in [4.69, 9.17) is 4.74 Å². The monoisotopic (exact) mass is 418 g/mol. The quantitative estimate of drug-likeness (QED) is 0.729. The molecule has 1 aliphatic heterocycles. The van der Waals surface area contributed by atoms with Crippen LogP contribution in [0.15, 0.2) is 47.4 Å². The first-order valence-electron chi connectivity index (χ1n) is 9.64. The van der Waals surface area contributed by atoms with Crippen molar-refractivity contribution >= 4 is 21.6 Å². The van der Waals surface area contributed by atoms with E-state index in [-0.39, 0.29) is 5.91 Å². The van der Waals surface area contributed by atoms with Gasteiger partial charge in [-0.2, -0.15) is 4.31 Å². The molecule has 1 aliphatic rings. The highest BCUT2D eigenvalue weighted by Gasteiger charge is 2.32. The second-order valence-corrected chi connectivity index (χ2v) is 9.29. The molecule has 2 aromatic rings.